The number of hydrogen-bond donors (Lipinski definition) is 2. The number of aromatic nitrogens is 4. The molecule has 6 heterocycles. The molecule has 2 aliphatic rings. The fourth-order valence-corrected chi connectivity index (χ4v) is 7.87. The van der Waals surface area contributed by atoms with Crippen molar-refractivity contribution in [3.63, 3.8) is 0 Å². The first kappa shape index (κ1) is 60.9. The lowest BCUT2D eigenvalue weighted by atomic mass is 10.2. The van der Waals surface area contributed by atoms with Crippen LogP contribution in [-0.2, 0) is 45.4 Å². The molecule has 6 aromatic rings. The Hall–Kier alpha value is -6.63. The minimum atomic E-state index is 0. The van der Waals surface area contributed by atoms with E-state index in [1.54, 1.807) is 55.3 Å². The highest BCUT2D eigenvalue weighted by Crippen LogP contribution is 2.28. The normalized spacial score (nSPS) is 13.0. The summed E-state index contributed by atoms with van der Waals surface area (Å²) in [7, 11) is 0. The van der Waals surface area contributed by atoms with Crippen molar-refractivity contribution in [2.24, 2.45) is 0 Å². The van der Waals surface area contributed by atoms with E-state index >= 15 is 0 Å². The van der Waals surface area contributed by atoms with E-state index in [0.717, 1.165) is 94.2 Å². The van der Waals surface area contributed by atoms with Crippen LogP contribution < -0.4 is 20.5 Å². The van der Waals surface area contributed by atoms with Gasteiger partial charge in [0.2, 0.25) is 11.2 Å². The van der Waals surface area contributed by atoms with Crippen LogP contribution in [0.3, 0.4) is 0 Å². The molecule has 16 nitrogen and oxygen atoms in total. The van der Waals surface area contributed by atoms with Crippen LogP contribution in [0.1, 0.15) is 63.2 Å². The molecule has 75 heavy (non-hydrogen) atoms. The Morgan fingerprint density at radius 2 is 1.05 bits per heavy atom. The summed E-state index contributed by atoms with van der Waals surface area (Å²) < 4.78 is 44.8. The Morgan fingerprint density at radius 3 is 1.56 bits per heavy atom. The summed E-state index contributed by atoms with van der Waals surface area (Å²) in [6, 6.07) is 19.0. The molecule has 0 bridgehead atoms. The number of ether oxygens (including phenoxy) is 6. The van der Waals surface area contributed by atoms with Gasteiger partial charge >= 0.3 is 0 Å². The van der Waals surface area contributed by atoms with Crippen LogP contribution in [-0.4, -0.2) is 109 Å². The standard InChI is InChI=1S/C28H34N4O4.C16H24N2O2.C12H11ClN2O2.2CH4/c1-3-14-33-19-23-17-24(7-8-27(23)35-16-13-32-11-5-6-12-32)30-28-29-10-9-26(31-28)22-18-25(36-20-22)21-34-15-4-2;1-2-10-19-13-14-12-15(17)5-6-16(14)20-11-9-18-7-3-4-8-18;1-2-5-16-8-10-6-9(7-17-10)11-3-4-14-12(13)15-11;;/h3-4,7-10,17-18,20H,1-2,5-6,11-16,19,21H2,(H,29,30,31);2,5-6,12H,1,3-4,7-11,13,17H2;2-4,6-7H,1,5,8H2;2*1H4. The number of likely N-dealkylation sites (tertiary alicyclic amines) is 2. The van der Waals surface area contributed by atoms with Crippen molar-refractivity contribution in [2.45, 2.75) is 67.0 Å². The Bertz CT molecular complexity index is 2590. The van der Waals surface area contributed by atoms with Crippen molar-refractivity contribution in [3.05, 3.63) is 164 Å². The third-order valence-corrected chi connectivity index (χ3v) is 11.4. The van der Waals surface area contributed by atoms with Crippen LogP contribution >= 0.6 is 11.6 Å². The van der Waals surface area contributed by atoms with Gasteiger partial charge in [-0.2, -0.15) is 0 Å². The minimum absolute atomic E-state index is 0. The SMILES string of the molecule is C.C.C=CCOCc1cc(-c2ccnc(Cl)n2)co1.C=CCOCc1cc(-c2ccnc(Nc3ccc(OCCN4CCCC4)c(COCC=C)c3)n2)co1.C=CCOCc1cc(N)ccc1OCCN1CCCC1. The first-order chi connectivity index (χ1) is 35.8. The molecule has 2 saturated heterocycles. The van der Waals surface area contributed by atoms with Crippen LogP contribution in [0.15, 0.2) is 145 Å². The predicted molar refractivity (Wildman–Crippen MR) is 300 cm³/mol. The number of nitrogens with two attached hydrogens (primary N) is 1. The second-order valence-corrected chi connectivity index (χ2v) is 17.2. The van der Waals surface area contributed by atoms with Crippen LogP contribution in [0.4, 0.5) is 17.3 Å². The second kappa shape index (κ2) is 34.8. The number of halogens is 1. The number of nitrogen functional groups attached to an aromatic ring is 1. The average molecular weight is 1050 g/mol. The van der Waals surface area contributed by atoms with E-state index in [1.807, 2.05) is 54.6 Å². The van der Waals surface area contributed by atoms with Crippen LogP contribution in [0.25, 0.3) is 22.5 Å². The number of furan rings is 2. The highest BCUT2D eigenvalue weighted by atomic mass is 35.5. The van der Waals surface area contributed by atoms with E-state index in [0.29, 0.717) is 72.0 Å². The Labute approximate surface area is 449 Å². The summed E-state index contributed by atoms with van der Waals surface area (Å²) in [4.78, 5) is 21.8. The molecule has 404 valence electrons. The number of benzene rings is 2. The maximum Gasteiger partial charge on any atom is 0.227 e. The predicted octanol–water partition coefficient (Wildman–Crippen LogP) is 12.2. The zero-order chi connectivity index (χ0) is 51.3. The van der Waals surface area contributed by atoms with Gasteiger partial charge in [0.05, 0.1) is 51.0 Å². The summed E-state index contributed by atoms with van der Waals surface area (Å²) in [6.07, 6.45) is 18.6. The number of hydrogen-bond acceptors (Lipinski definition) is 16. The van der Waals surface area contributed by atoms with E-state index in [2.05, 4.69) is 61.4 Å². The van der Waals surface area contributed by atoms with Gasteiger partial charge in [-0.15, -0.1) is 26.3 Å². The topological polar surface area (TPSA) is 178 Å². The van der Waals surface area contributed by atoms with Crippen LogP contribution in [0, 0.1) is 0 Å². The van der Waals surface area contributed by atoms with Gasteiger partial charge in [-0.3, -0.25) is 9.80 Å². The highest BCUT2D eigenvalue weighted by Gasteiger charge is 2.15. The van der Waals surface area contributed by atoms with Crippen molar-refractivity contribution >= 4 is 28.9 Å². The van der Waals surface area contributed by atoms with Gasteiger partial charge in [0.1, 0.15) is 62.0 Å². The van der Waals surface area contributed by atoms with Crippen molar-refractivity contribution in [2.75, 3.05) is 90.0 Å². The average Bonchev–Trinajstić information content (AvgIpc) is 4.27. The molecule has 0 atom stereocenters. The quantitative estimate of drug-likeness (QED) is 0.0205. The first-order valence-corrected chi connectivity index (χ1v) is 24.9. The van der Waals surface area contributed by atoms with E-state index in [4.69, 9.17) is 54.6 Å². The molecule has 4 aromatic heterocycles. The minimum Gasteiger partial charge on any atom is -0.492 e. The molecule has 17 heteroatoms. The smallest absolute Gasteiger partial charge is 0.227 e. The largest absolute Gasteiger partial charge is 0.492 e. The van der Waals surface area contributed by atoms with Gasteiger partial charge < -0.3 is 48.3 Å². The molecule has 0 unspecified atom stereocenters. The third-order valence-electron chi connectivity index (χ3n) is 11.3. The molecule has 8 rings (SSSR count). The van der Waals surface area contributed by atoms with Gasteiger partial charge in [0.15, 0.2) is 0 Å². The maximum absolute atomic E-state index is 6.12. The van der Waals surface area contributed by atoms with E-state index in [1.165, 1.54) is 38.8 Å². The zero-order valence-electron chi connectivity index (χ0n) is 41.8. The molecule has 0 saturated carbocycles. The Kier molecular flexibility index (Phi) is 28.3. The maximum atomic E-state index is 6.12. The van der Waals surface area contributed by atoms with Gasteiger partial charge in [-0.1, -0.05) is 39.2 Å². The molecule has 2 aliphatic heterocycles. The molecule has 2 aromatic carbocycles. The van der Waals surface area contributed by atoms with Gasteiger partial charge in [-0.25, -0.2) is 19.9 Å². The molecule has 3 N–H and O–H groups in total. The lowest BCUT2D eigenvalue weighted by Gasteiger charge is -2.17. The molecular weight excluding hydrogens is 972 g/mol. The van der Waals surface area contributed by atoms with Crippen molar-refractivity contribution in [3.8, 4) is 34.0 Å². The number of nitrogens with zero attached hydrogens (tertiary/aromatic N) is 6. The summed E-state index contributed by atoms with van der Waals surface area (Å²) in [5, 5.41) is 3.51. The van der Waals surface area contributed by atoms with Crippen molar-refractivity contribution in [1.82, 2.24) is 29.7 Å². The van der Waals surface area contributed by atoms with Gasteiger partial charge in [0, 0.05) is 59.1 Å². The summed E-state index contributed by atoms with van der Waals surface area (Å²) in [5.74, 6) is 3.63. The molecule has 0 spiro atoms. The Balaban J connectivity index is 0.000000264. The van der Waals surface area contributed by atoms with E-state index < -0.39 is 0 Å². The third kappa shape index (κ3) is 21.6. The number of rotatable bonds is 28. The monoisotopic (exact) mass is 1050 g/mol. The second-order valence-electron chi connectivity index (χ2n) is 16.9. The lowest BCUT2D eigenvalue weighted by Crippen LogP contribution is -2.25. The van der Waals surface area contributed by atoms with Crippen molar-refractivity contribution < 1.29 is 37.3 Å². The molecule has 2 fully saturated rings. The number of anilines is 3. The molecule has 0 radical (unpaired) electrons. The summed E-state index contributed by atoms with van der Waals surface area (Å²) in [5.41, 5.74) is 12.5. The summed E-state index contributed by atoms with van der Waals surface area (Å²) in [6.45, 7) is 26.2. The fraction of sp³-hybridized carbons (Fsp3) is 0.379. The molecule has 0 aliphatic carbocycles. The fourth-order valence-electron chi connectivity index (χ4n) is 7.72. The number of nitrogens with one attached hydrogen (secondary N) is 1. The van der Waals surface area contributed by atoms with Crippen LogP contribution in [0.5, 0.6) is 11.5 Å². The molecule has 0 amide bonds. The van der Waals surface area contributed by atoms with Gasteiger partial charge in [0.25, 0.3) is 0 Å². The zero-order valence-corrected chi connectivity index (χ0v) is 42.5. The molecular formula is C58H77ClN8O8. The van der Waals surface area contributed by atoms with Crippen molar-refractivity contribution in [1.29, 1.82) is 0 Å². The van der Waals surface area contributed by atoms with Crippen LogP contribution in [0.2, 0.25) is 5.28 Å². The van der Waals surface area contributed by atoms with E-state index in [9.17, 15) is 0 Å². The summed E-state index contributed by atoms with van der Waals surface area (Å²) >= 11 is 5.72. The lowest BCUT2D eigenvalue weighted by molar-refractivity contribution is 0.131. The first-order valence-electron chi connectivity index (χ1n) is 24.5. The Morgan fingerprint density at radius 1 is 0.587 bits per heavy atom. The van der Waals surface area contributed by atoms with Gasteiger partial charge in [-0.05, 0) is 124 Å². The van der Waals surface area contributed by atoms with E-state index in [-0.39, 0.29) is 20.1 Å². The highest BCUT2D eigenvalue weighted by molar-refractivity contribution is 6.28.